The van der Waals surface area contributed by atoms with Crippen molar-refractivity contribution in [2.45, 2.75) is 20.0 Å². The van der Waals surface area contributed by atoms with E-state index >= 15 is 0 Å². The number of nitrogens with one attached hydrogen (secondary N) is 1. The summed E-state index contributed by atoms with van der Waals surface area (Å²) in [6.07, 6.45) is 1.71. The van der Waals surface area contributed by atoms with Crippen LogP contribution in [0.3, 0.4) is 0 Å². The number of carbonyl (C=O) groups is 1. The summed E-state index contributed by atoms with van der Waals surface area (Å²) in [7, 11) is 1.63. The Labute approximate surface area is 169 Å². The van der Waals surface area contributed by atoms with Gasteiger partial charge in [0.2, 0.25) is 0 Å². The van der Waals surface area contributed by atoms with Gasteiger partial charge in [-0.15, -0.1) is 0 Å². The van der Waals surface area contributed by atoms with E-state index in [2.05, 4.69) is 10.4 Å². The van der Waals surface area contributed by atoms with Gasteiger partial charge in [-0.3, -0.25) is 4.79 Å². The van der Waals surface area contributed by atoms with Gasteiger partial charge in [0.15, 0.2) is 5.65 Å². The number of ether oxygens (including phenoxy) is 1. The van der Waals surface area contributed by atoms with Gasteiger partial charge in [-0.25, -0.2) is 9.67 Å². The molecule has 0 radical (unpaired) electrons. The van der Waals surface area contributed by atoms with Gasteiger partial charge < -0.3 is 10.1 Å². The van der Waals surface area contributed by atoms with Crippen molar-refractivity contribution in [3.63, 3.8) is 0 Å². The molecular weight excluding hydrogens is 364 g/mol. The number of carbonyl (C=O) groups excluding carboxylic acids is 1. The average Bonchev–Trinajstić information content (AvgIpc) is 3.21. The molecule has 146 valence electrons. The third-order valence-electron chi connectivity index (χ3n) is 4.84. The Kier molecular flexibility index (Phi) is 5.24. The normalized spacial score (nSPS) is 10.8. The minimum atomic E-state index is -0.152. The molecule has 29 heavy (non-hydrogen) atoms. The van der Waals surface area contributed by atoms with Crippen molar-refractivity contribution in [2.75, 3.05) is 7.11 Å². The first-order valence-electron chi connectivity index (χ1n) is 9.52. The zero-order valence-electron chi connectivity index (χ0n) is 16.4. The van der Waals surface area contributed by atoms with Crippen molar-refractivity contribution in [1.29, 1.82) is 0 Å². The number of amides is 1. The van der Waals surface area contributed by atoms with Crippen molar-refractivity contribution in [3.8, 4) is 17.0 Å². The number of aromatic nitrogens is 3. The van der Waals surface area contributed by atoms with E-state index in [1.807, 2.05) is 72.3 Å². The van der Waals surface area contributed by atoms with Crippen LogP contribution in [0, 0.1) is 0 Å². The first-order chi connectivity index (χ1) is 14.2. The minimum Gasteiger partial charge on any atom is -0.497 e. The lowest BCUT2D eigenvalue weighted by Gasteiger charge is -2.10. The van der Waals surface area contributed by atoms with Gasteiger partial charge in [0, 0.05) is 18.7 Å². The molecular formula is C23H22N4O2. The van der Waals surface area contributed by atoms with E-state index in [1.165, 1.54) is 0 Å². The van der Waals surface area contributed by atoms with Crippen LogP contribution in [-0.2, 0) is 13.1 Å². The molecule has 6 nitrogen and oxygen atoms in total. The van der Waals surface area contributed by atoms with E-state index in [0.29, 0.717) is 24.3 Å². The first-order valence-corrected chi connectivity index (χ1v) is 9.52. The Morgan fingerprint density at radius 1 is 1.10 bits per heavy atom. The molecule has 4 aromatic rings. The fourth-order valence-electron chi connectivity index (χ4n) is 3.24. The summed E-state index contributed by atoms with van der Waals surface area (Å²) < 4.78 is 6.98. The number of hydrogen-bond acceptors (Lipinski definition) is 4. The zero-order valence-corrected chi connectivity index (χ0v) is 16.4. The monoisotopic (exact) mass is 386 g/mol. The highest BCUT2D eigenvalue weighted by molar-refractivity contribution is 6.06. The van der Waals surface area contributed by atoms with Gasteiger partial charge >= 0.3 is 0 Å². The highest BCUT2D eigenvalue weighted by Gasteiger charge is 2.17. The molecule has 2 aromatic heterocycles. The molecule has 0 bridgehead atoms. The summed E-state index contributed by atoms with van der Waals surface area (Å²) >= 11 is 0. The van der Waals surface area contributed by atoms with Crippen LogP contribution in [-0.4, -0.2) is 27.8 Å². The predicted molar refractivity (Wildman–Crippen MR) is 113 cm³/mol. The van der Waals surface area contributed by atoms with Gasteiger partial charge in [0.05, 0.1) is 30.0 Å². The highest BCUT2D eigenvalue weighted by atomic mass is 16.5. The maximum atomic E-state index is 13.0. The van der Waals surface area contributed by atoms with Crippen molar-refractivity contribution >= 4 is 16.9 Å². The Hall–Kier alpha value is -3.67. The molecule has 0 spiro atoms. The summed E-state index contributed by atoms with van der Waals surface area (Å²) in [5.74, 6) is 0.636. The standard InChI is InChI=1S/C23H22N4O2/c1-3-27-22-20(15-25-27)19(13-21(26-22)17-7-5-4-6-8-17)23(28)24-14-16-9-11-18(29-2)12-10-16/h4-13,15H,3,14H2,1-2H3,(H,24,28). The molecule has 1 amide bonds. The maximum absolute atomic E-state index is 13.0. The highest BCUT2D eigenvalue weighted by Crippen LogP contribution is 2.25. The number of methoxy groups -OCH3 is 1. The van der Waals surface area contributed by atoms with Gasteiger partial charge in [-0.1, -0.05) is 42.5 Å². The lowest BCUT2D eigenvalue weighted by molar-refractivity contribution is 0.0952. The predicted octanol–water partition coefficient (Wildman–Crippen LogP) is 4.06. The van der Waals surface area contributed by atoms with E-state index in [0.717, 1.165) is 28.0 Å². The molecule has 0 aliphatic carbocycles. The molecule has 1 N–H and O–H groups in total. The van der Waals surface area contributed by atoms with Crippen molar-refractivity contribution in [2.24, 2.45) is 0 Å². The molecule has 2 aromatic carbocycles. The number of nitrogens with zero attached hydrogens (tertiary/aromatic N) is 3. The second-order valence-electron chi connectivity index (χ2n) is 6.65. The van der Waals surface area contributed by atoms with E-state index in [9.17, 15) is 4.79 Å². The molecule has 4 rings (SSSR count). The van der Waals surface area contributed by atoms with Crippen molar-refractivity contribution in [3.05, 3.63) is 78.0 Å². The van der Waals surface area contributed by atoms with Crippen LogP contribution >= 0.6 is 0 Å². The Balaban J connectivity index is 1.67. The molecule has 0 saturated carbocycles. The largest absolute Gasteiger partial charge is 0.497 e. The number of hydrogen-bond donors (Lipinski definition) is 1. The summed E-state index contributed by atoms with van der Waals surface area (Å²) in [6, 6.07) is 19.3. The summed E-state index contributed by atoms with van der Waals surface area (Å²) in [4.78, 5) is 17.8. The molecule has 2 heterocycles. The lowest BCUT2D eigenvalue weighted by Crippen LogP contribution is -2.23. The molecule has 0 saturated heterocycles. The van der Waals surface area contributed by atoms with Crippen LogP contribution in [0.5, 0.6) is 5.75 Å². The van der Waals surface area contributed by atoms with Gasteiger partial charge in [-0.2, -0.15) is 5.10 Å². The summed E-state index contributed by atoms with van der Waals surface area (Å²) in [5, 5.41) is 8.14. The van der Waals surface area contributed by atoms with Crippen LogP contribution in [0.4, 0.5) is 0 Å². The number of rotatable bonds is 6. The van der Waals surface area contributed by atoms with E-state index < -0.39 is 0 Å². The second-order valence-corrected chi connectivity index (χ2v) is 6.65. The molecule has 0 aliphatic heterocycles. The van der Waals surface area contributed by atoms with Gasteiger partial charge in [0.1, 0.15) is 5.75 Å². The SMILES string of the molecule is CCn1ncc2c(C(=O)NCc3ccc(OC)cc3)cc(-c3ccccc3)nc21. The van der Waals surface area contributed by atoms with Crippen LogP contribution in [0.2, 0.25) is 0 Å². The molecule has 6 heteroatoms. The fourth-order valence-corrected chi connectivity index (χ4v) is 3.24. The van der Waals surface area contributed by atoms with Gasteiger partial charge in [-0.05, 0) is 30.7 Å². The lowest BCUT2D eigenvalue weighted by atomic mass is 10.1. The first kappa shape index (κ1) is 18.7. The minimum absolute atomic E-state index is 0.152. The zero-order chi connectivity index (χ0) is 20.2. The molecule has 0 unspecified atom stereocenters. The quantitative estimate of drug-likeness (QED) is 0.543. The molecule has 0 fully saturated rings. The average molecular weight is 386 g/mol. The third kappa shape index (κ3) is 3.82. The van der Waals surface area contributed by atoms with E-state index in [4.69, 9.17) is 9.72 Å². The second kappa shape index (κ2) is 8.14. The smallest absolute Gasteiger partial charge is 0.252 e. The Morgan fingerprint density at radius 2 is 1.86 bits per heavy atom. The number of pyridine rings is 1. The van der Waals surface area contributed by atoms with Crippen molar-refractivity contribution < 1.29 is 9.53 Å². The molecule has 0 atom stereocenters. The summed E-state index contributed by atoms with van der Waals surface area (Å²) in [6.45, 7) is 3.11. The van der Waals surface area contributed by atoms with Crippen molar-refractivity contribution in [1.82, 2.24) is 20.1 Å². The number of benzene rings is 2. The van der Waals surface area contributed by atoms with Crippen LogP contribution in [0.1, 0.15) is 22.8 Å². The molecule has 0 aliphatic rings. The maximum Gasteiger partial charge on any atom is 0.252 e. The van der Waals surface area contributed by atoms with Crippen LogP contribution in [0.25, 0.3) is 22.3 Å². The van der Waals surface area contributed by atoms with E-state index in [-0.39, 0.29) is 5.91 Å². The summed E-state index contributed by atoms with van der Waals surface area (Å²) in [5.41, 5.74) is 3.99. The fraction of sp³-hybridized carbons (Fsp3) is 0.174. The topological polar surface area (TPSA) is 69.0 Å². The van der Waals surface area contributed by atoms with Gasteiger partial charge in [0.25, 0.3) is 5.91 Å². The van der Waals surface area contributed by atoms with Crippen LogP contribution < -0.4 is 10.1 Å². The number of aryl methyl sites for hydroxylation is 1. The van der Waals surface area contributed by atoms with E-state index in [1.54, 1.807) is 13.3 Å². The number of fused-ring (bicyclic) bond motifs is 1. The Morgan fingerprint density at radius 3 is 2.55 bits per heavy atom. The Bertz CT molecular complexity index is 1130. The van der Waals surface area contributed by atoms with Crippen LogP contribution in [0.15, 0.2) is 66.9 Å². The third-order valence-corrected chi connectivity index (χ3v) is 4.84.